The molecule has 0 aliphatic heterocycles. The zero-order valence-electron chi connectivity index (χ0n) is 11.4. The predicted octanol–water partition coefficient (Wildman–Crippen LogP) is 4.31. The van der Waals surface area contributed by atoms with Crippen LogP contribution in [0.5, 0.6) is 0 Å². The molecule has 0 bridgehead atoms. The first-order chi connectivity index (χ1) is 9.74. The van der Waals surface area contributed by atoms with Crippen molar-refractivity contribution in [1.29, 1.82) is 0 Å². The number of nitrogens with two attached hydrogens (primary N) is 1. The topological polar surface area (TPSA) is 38.9 Å². The maximum atomic E-state index is 5.96. The number of nitrogen functional groups attached to an aromatic ring is 1. The highest BCUT2D eigenvalue weighted by molar-refractivity contribution is 5.76. The zero-order valence-corrected chi connectivity index (χ0v) is 11.4. The molecule has 3 aromatic rings. The van der Waals surface area contributed by atoms with E-state index in [9.17, 15) is 0 Å². The quantitative estimate of drug-likeness (QED) is 0.745. The normalized spacial score (nSPS) is 10.4. The average molecular weight is 260 g/mol. The van der Waals surface area contributed by atoms with Gasteiger partial charge in [-0.1, -0.05) is 54.6 Å². The van der Waals surface area contributed by atoms with Gasteiger partial charge in [0.05, 0.1) is 0 Å². The summed E-state index contributed by atoms with van der Waals surface area (Å²) in [6.45, 7) is 2.02. The summed E-state index contributed by atoms with van der Waals surface area (Å²) in [4.78, 5) is 4.21. The Kier molecular flexibility index (Phi) is 3.21. The molecule has 0 aliphatic carbocycles. The van der Waals surface area contributed by atoms with Crippen LogP contribution in [0.25, 0.3) is 22.3 Å². The van der Waals surface area contributed by atoms with Crippen LogP contribution in [0.1, 0.15) is 5.56 Å². The number of nitrogens with zero attached hydrogens (tertiary/aromatic N) is 1. The summed E-state index contributed by atoms with van der Waals surface area (Å²) in [6.07, 6.45) is 1.79. The second-order valence-electron chi connectivity index (χ2n) is 4.89. The Morgan fingerprint density at radius 1 is 0.800 bits per heavy atom. The summed E-state index contributed by atoms with van der Waals surface area (Å²) in [5.74, 6) is 0.572. The molecule has 2 nitrogen and oxygen atoms in total. The van der Waals surface area contributed by atoms with Crippen molar-refractivity contribution in [2.24, 2.45) is 0 Å². The average Bonchev–Trinajstić information content (AvgIpc) is 2.51. The first-order valence-electron chi connectivity index (χ1n) is 6.62. The van der Waals surface area contributed by atoms with Gasteiger partial charge in [0.1, 0.15) is 5.82 Å². The number of hydrogen-bond donors (Lipinski definition) is 1. The highest BCUT2D eigenvalue weighted by Gasteiger charge is 2.05. The Balaban J connectivity index is 2.00. The third-order valence-corrected chi connectivity index (χ3v) is 3.36. The Labute approximate surface area is 118 Å². The van der Waals surface area contributed by atoms with Crippen molar-refractivity contribution in [2.75, 3.05) is 5.73 Å². The molecule has 2 N–H and O–H groups in total. The van der Waals surface area contributed by atoms with Crippen LogP contribution in [0.3, 0.4) is 0 Å². The van der Waals surface area contributed by atoms with Gasteiger partial charge in [-0.05, 0) is 35.2 Å². The minimum atomic E-state index is 0.572. The third kappa shape index (κ3) is 2.41. The Bertz CT molecular complexity index is 716. The molecule has 0 saturated heterocycles. The van der Waals surface area contributed by atoms with E-state index in [0.29, 0.717) is 5.82 Å². The van der Waals surface area contributed by atoms with Crippen molar-refractivity contribution in [3.63, 3.8) is 0 Å². The van der Waals surface area contributed by atoms with E-state index in [4.69, 9.17) is 5.73 Å². The minimum absolute atomic E-state index is 0.572. The lowest BCUT2D eigenvalue weighted by molar-refractivity contribution is 1.28. The molecule has 0 atom stereocenters. The van der Waals surface area contributed by atoms with Crippen LogP contribution in [0.2, 0.25) is 0 Å². The minimum Gasteiger partial charge on any atom is -0.383 e. The maximum absolute atomic E-state index is 5.96. The van der Waals surface area contributed by atoms with Crippen LogP contribution in [0.15, 0.2) is 66.9 Å². The van der Waals surface area contributed by atoms with Gasteiger partial charge in [-0.3, -0.25) is 0 Å². The molecule has 0 unspecified atom stereocenters. The van der Waals surface area contributed by atoms with Crippen molar-refractivity contribution in [1.82, 2.24) is 4.98 Å². The van der Waals surface area contributed by atoms with Gasteiger partial charge in [0.2, 0.25) is 0 Å². The van der Waals surface area contributed by atoms with E-state index in [1.54, 1.807) is 6.20 Å². The van der Waals surface area contributed by atoms with Crippen molar-refractivity contribution >= 4 is 5.82 Å². The van der Waals surface area contributed by atoms with E-state index in [2.05, 4.69) is 47.4 Å². The Hall–Kier alpha value is -2.61. The lowest BCUT2D eigenvalue weighted by atomic mass is 10.00. The molecule has 3 rings (SSSR count). The monoisotopic (exact) mass is 260 g/mol. The van der Waals surface area contributed by atoms with Gasteiger partial charge in [0.15, 0.2) is 0 Å². The Morgan fingerprint density at radius 2 is 1.40 bits per heavy atom. The first kappa shape index (κ1) is 12.4. The fourth-order valence-electron chi connectivity index (χ4n) is 2.28. The molecule has 20 heavy (non-hydrogen) atoms. The molecule has 1 aromatic heterocycles. The summed E-state index contributed by atoms with van der Waals surface area (Å²) >= 11 is 0. The molecule has 98 valence electrons. The van der Waals surface area contributed by atoms with E-state index in [0.717, 1.165) is 16.7 Å². The van der Waals surface area contributed by atoms with Crippen LogP contribution in [0, 0.1) is 6.92 Å². The summed E-state index contributed by atoms with van der Waals surface area (Å²) in [5, 5.41) is 0. The molecule has 0 radical (unpaired) electrons. The number of aromatic nitrogens is 1. The van der Waals surface area contributed by atoms with Gasteiger partial charge in [0.25, 0.3) is 0 Å². The summed E-state index contributed by atoms with van der Waals surface area (Å²) in [7, 11) is 0. The van der Waals surface area contributed by atoms with Crippen molar-refractivity contribution in [2.45, 2.75) is 6.92 Å². The second-order valence-corrected chi connectivity index (χ2v) is 4.89. The molecular formula is C18H16N2. The number of aryl methyl sites for hydroxylation is 1. The zero-order chi connectivity index (χ0) is 13.9. The number of anilines is 1. The van der Waals surface area contributed by atoms with Gasteiger partial charge >= 0.3 is 0 Å². The molecule has 0 amide bonds. The molecule has 0 saturated carbocycles. The summed E-state index contributed by atoms with van der Waals surface area (Å²) in [6, 6.07) is 20.8. The van der Waals surface area contributed by atoms with E-state index in [1.165, 1.54) is 11.1 Å². The van der Waals surface area contributed by atoms with E-state index in [1.807, 2.05) is 25.1 Å². The predicted molar refractivity (Wildman–Crippen MR) is 84.3 cm³/mol. The van der Waals surface area contributed by atoms with E-state index < -0.39 is 0 Å². The van der Waals surface area contributed by atoms with Gasteiger partial charge < -0.3 is 5.73 Å². The van der Waals surface area contributed by atoms with Gasteiger partial charge in [0, 0.05) is 11.8 Å². The lowest BCUT2D eigenvalue weighted by Crippen LogP contribution is -1.94. The number of hydrogen-bond acceptors (Lipinski definition) is 2. The molecule has 2 aromatic carbocycles. The molecule has 0 aliphatic rings. The number of rotatable bonds is 2. The van der Waals surface area contributed by atoms with E-state index >= 15 is 0 Å². The molecule has 0 spiro atoms. The number of pyridine rings is 1. The van der Waals surface area contributed by atoms with Gasteiger partial charge in [-0.25, -0.2) is 4.98 Å². The maximum Gasteiger partial charge on any atom is 0.131 e. The van der Waals surface area contributed by atoms with Crippen molar-refractivity contribution in [3.05, 3.63) is 72.4 Å². The van der Waals surface area contributed by atoms with Crippen molar-refractivity contribution in [3.8, 4) is 22.3 Å². The smallest absolute Gasteiger partial charge is 0.131 e. The molecule has 1 heterocycles. The molecule has 2 heteroatoms. The first-order valence-corrected chi connectivity index (χ1v) is 6.62. The van der Waals surface area contributed by atoms with Gasteiger partial charge in [-0.2, -0.15) is 0 Å². The fourth-order valence-corrected chi connectivity index (χ4v) is 2.28. The summed E-state index contributed by atoms with van der Waals surface area (Å²) < 4.78 is 0. The van der Waals surface area contributed by atoms with Crippen LogP contribution >= 0.6 is 0 Å². The van der Waals surface area contributed by atoms with Crippen LogP contribution in [0.4, 0.5) is 5.82 Å². The van der Waals surface area contributed by atoms with Crippen LogP contribution in [-0.2, 0) is 0 Å². The van der Waals surface area contributed by atoms with Crippen LogP contribution < -0.4 is 5.73 Å². The lowest BCUT2D eigenvalue weighted by Gasteiger charge is -2.08. The standard InChI is InChI=1S/C18H16N2/c1-13-11-17(18(19)20-12-13)16-9-7-15(8-10-16)14-5-3-2-4-6-14/h2-12H,1H3,(H2,19,20). The van der Waals surface area contributed by atoms with Gasteiger partial charge in [-0.15, -0.1) is 0 Å². The second kappa shape index (κ2) is 5.17. The summed E-state index contributed by atoms with van der Waals surface area (Å²) in [5.41, 5.74) is 11.6. The molecular weight excluding hydrogens is 244 g/mol. The Morgan fingerprint density at radius 3 is 2.10 bits per heavy atom. The highest BCUT2D eigenvalue weighted by Crippen LogP contribution is 2.28. The fraction of sp³-hybridized carbons (Fsp3) is 0.0556. The SMILES string of the molecule is Cc1cnc(N)c(-c2ccc(-c3ccccc3)cc2)c1. The number of benzene rings is 2. The largest absolute Gasteiger partial charge is 0.383 e. The van der Waals surface area contributed by atoms with E-state index in [-0.39, 0.29) is 0 Å². The van der Waals surface area contributed by atoms with Crippen LogP contribution in [-0.4, -0.2) is 4.98 Å². The highest BCUT2D eigenvalue weighted by atomic mass is 14.8. The third-order valence-electron chi connectivity index (χ3n) is 3.36. The molecule has 0 fully saturated rings. The van der Waals surface area contributed by atoms with Crippen molar-refractivity contribution < 1.29 is 0 Å².